The molecule has 3 heteroatoms. The molecule has 0 aliphatic heterocycles. The van der Waals surface area contributed by atoms with E-state index in [2.05, 4.69) is 17.4 Å². The lowest BCUT2D eigenvalue weighted by molar-refractivity contribution is 0.181. The van der Waals surface area contributed by atoms with E-state index in [1.54, 1.807) is 7.11 Å². The highest BCUT2D eigenvalue weighted by Crippen LogP contribution is 2.25. The van der Waals surface area contributed by atoms with Gasteiger partial charge < -0.3 is 15.2 Å². The molecule has 2 unspecified atom stereocenters. The predicted molar refractivity (Wildman–Crippen MR) is 73.1 cm³/mol. The zero-order valence-electron chi connectivity index (χ0n) is 11.3. The maximum Gasteiger partial charge on any atom is 0.119 e. The minimum Gasteiger partial charge on any atom is -0.497 e. The van der Waals surface area contributed by atoms with Crippen LogP contribution >= 0.6 is 0 Å². The number of methoxy groups -OCH3 is 1. The number of fused-ring (bicyclic) bond motifs is 1. The molecule has 0 radical (unpaired) electrons. The summed E-state index contributed by atoms with van der Waals surface area (Å²) in [5.74, 6) is 0.943. The first-order valence-electron chi connectivity index (χ1n) is 6.76. The lowest BCUT2D eigenvalue weighted by Crippen LogP contribution is -2.36. The molecule has 2 N–H and O–H groups in total. The molecule has 1 aromatic carbocycles. The van der Waals surface area contributed by atoms with Crippen LogP contribution in [0.15, 0.2) is 18.2 Å². The lowest BCUT2D eigenvalue weighted by Gasteiger charge is -2.26. The first-order valence-corrected chi connectivity index (χ1v) is 6.76. The summed E-state index contributed by atoms with van der Waals surface area (Å²) in [6.45, 7) is 2.73. The van der Waals surface area contributed by atoms with Crippen LogP contribution in [0.1, 0.15) is 30.9 Å². The van der Waals surface area contributed by atoms with Gasteiger partial charge in [-0.15, -0.1) is 0 Å². The first kappa shape index (κ1) is 13.4. The Balaban J connectivity index is 1.92. The zero-order valence-corrected chi connectivity index (χ0v) is 11.3. The molecule has 1 aromatic rings. The smallest absolute Gasteiger partial charge is 0.119 e. The Bertz CT molecular complexity index is 390. The van der Waals surface area contributed by atoms with Gasteiger partial charge in [-0.05, 0) is 62.4 Å². The summed E-state index contributed by atoms with van der Waals surface area (Å²) in [5, 5.41) is 12.8. The Morgan fingerprint density at radius 3 is 3.00 bits per heavy atom. The number of hydrogen-bond acceptors (Lipinski definition) is 3. The molecule has 0 saturated carbocycles. The summed E-state index contributed by atoms with van der Waals surface area (Å²) in [5.41, 5.74) is 2.85. The highest BCUT2D eigenvalue weighted by Gasteiger charge is 2.18. The van der Waals surface area contributed by atoms with Gasteiger partial charge in [-0.25, -0.2) is 0 Å². The van der Waals surface area contributed by atoms with Crippen molar-refractivity contribution >= 4 is 0 Å². The van der Waals surface area contributed by atoms with Crippen LogP contribution < -0.4 is 10.1 Å². The fraction of sp³-hybridized carbons (Fsp3) is 0.600. The molecule has 2 atom stereocenters. The van der Waals surface area contributed by atoms with E-state index in [1.165, 1.54) is 17.5 Å². The zero-order chi connectivity index (χ0) is 13.0. The second kappa shape index (κ2) is 6.21. The number of rotatable bonds is 5. The molecule has 0 spiro atoms. The number of ether oxygens (including phenoxy) is 1. The van der Waals surface area contributed by atoms with Gasteiger partial charge in [0.05, 0.1) is 13.2 Å². The van der Waals surface area contributed by atoms with Crippen LogP contribution in [0.5, 0.6) is 5.75 Å². The SMILES string of the molecule is COc1ccc2c(c1)CC(NCCC(C)O)CC2. The van der Waals surface area contributed by atoms with Crippen LogP contribution in [0.25, 0.3) is 0 Å². The van der Waals surface area contributed by atoms with E-state index < -0.39 is 0 Å². The fourth-order valence-electron chi connectivity index (χ4n) is 2.53. The second-order valence-electron chi connectivity index (χ2n) is 5.17. The number of benzene rings is 1. The summed E-state index contributed by atoms with van der Waals surface area (Å²) < 4.78 is 5.27. The third-order valence-corrected chi connectivity index (χ3v) is 3.64. The highest BCUT2D eigenvalue weighted by atomic mass is 16.5. The number of aliphatic hydroxyl groups excluding tert-OH is 1. The van der Waals surface area contributed by atoms with E-state index in [4.69, 9.17) is 4.74 Å². The molecule has 2 rings (SSSR count). The first-order chi connectivity index (χ1) is 8.69. The minimum atomic E-state index is -0.214. The summed E-state index contributed by atoms with van der Waals surface area (Å²) in [4.78, 5) is 0. The Hall–Kier alpha value is -1.06. The molecule has 100 valence electrons. The Kier molecular flexibility index (Phi) is 4.61. The Morgan fingerprint density at radius 2 is 2.28 bits per heavy atom. The number of aryl methyl sites for hydroxylation is 1. The lowest BCUT2D eigenvalue weighted by atomic mass is 9.88. The molecule has 3 nitrogen and oxygen atoms in total. The van der Waals surface area contributed by atoms with Crippen molar-refractivity contribution in [3.05, 3.63) is 29.3 Å². The van der Waals surface area contributed by atoms with E-state index in [0.29, 0.717) is 6.04 Å². The standard InChI is InChI=1S/C15H23NO2/c1-11(17)7-8-16-14-5-3-12-4-6-15(18-2)10-13(12)9-14/h4,6,10-11,14,16-17H,3,5,7-9H2,1-2H3. The van der Waals surface area contributed by atoms with Crippen molar-refractivity contribution in [2.45, 2.75) is 44.8 Å². The Morgan fingerprint density at radius 1 is 1.44 bits per heavy atom. The largest absolute Gasteiger partial charge is 0.497 e. The van der Waals surface area contributed by atoms with Crippen molar-refractivity contribution in [2.24, 2.45) is 0 Å². The molecule has 0 heterocycles. The molecule has 1 aliphatic carbocycles. The van der Waals surface area contributed by atoms with Gasteiger partial charge in [0.2, 0.25) is 0 Å². The van der Waals surface area contributed by atoms with E-state index in [0.717, 1.165) is 31.6 Å². The molecule has 0 saturated heterocycles. The van der Waals surface area contributed by atoms with Gasteiger partial charge in [-0.1, -0.05) is 6.07 Å². The number of aliphatic hydroxyl groups is 1. The quantitative estimate of drug-likeness (QED) is 0.837. The van der Waals surface area contributed by atoms with E-state index in [9.17, 15) is 5.11 Å². The average Bonchev–Trinajstić information content (AvgIpc) is 2.37. The van der Waals surface area contributed by atoms with Crippen molar-refractivity contribution in [1.29, 1.82) is 0 Å². The van der Waals surface area contributed by atoms with Gasteiger partial charge in [-0.2, -0.15) is 0 Å². The van der Waals surface area contributed by atoms with Crippen molar-refractivity contribution in [3.8, 4) is 5.75 Å². The van der Waals surface area contributed by atoms with Gasteiger partial charge >= 0.3 is 0 Å². The summed E-state index contributed by atoms with van der Waals surface area (Å²) in [7, 11) is 1.71. The fourth-order valence-corrected chi connectivity index (χ4v) is 2.53. The van der Waals surface area contributed by atoms with Crippen molar-refractivity contribution in [2.75, 3.05) is 13.7 Å². The third kappa shape index (κ3) is 3.47. The molecule has 1 aliphatic rings. The summed E-state index contributed by atoms with van der Waals surface area (Å²) in [6, 6.07) is 6.90. The van der Waals surface area contributed by atoms with Crippen LogP contribution in [0.3, 0.4) is 0 Å². The van der Waals surface area contributed by atoms with Crippen LogP contribution in [0.4, 0.5) is 0 Å². The predicted octanol–water partition coefficient (Wildman–Crippen LogP) is 1.91. The monoisotopic (exact) mass is 249 g/mol. The normalized spacial score (nSPS) is 20.3. The molecule has 18 heavy (non-hydrogen) atoms. The van der Waals surface area contributed by atoms with Crippen LogP contribution in [0.2, 0.25) is 0 Å². The van der Waals surface area contributed by atoms with E-state index in [1.807, 2.05) is 13.0 Å². The number of nitrogens with one attached hydrogen (secondary N) is 1. The average molecular weight is 249 g/mol. The van der Waals surface area contributed by atoms with Crippen LogP contribution in [-0.4, -0.2) is 30.9 Å². The van der Waals surface area contributed by atoms with Gasteiger partial charge in [0, 0.05) is 6.04 Å². The molecule has 0 amide bonds. The van der Waals surface area contributed by atoms with Gasteiger partial charge in [0.25, 0.3) is 0 Å². The number of hydrogen-bond donors (Lipinski definition) is 2. The van der Waals surface area contributed by atoms with Crippen molar-refractivity contribution in [3.63, 3.8) is 0 Å². The van der Waals surface area contributed by atoms with Crippen LogP contribution in [-0.2, 0) is 12.8 Å². The van der Waals surface area contributed by atoms with E-state index in [-0.39, 0.29) is 6.10 Å². The van der Waals surface area contributed by atoms with Gasteiger partial charge in [-0.3, -0.25) is 0 Å². The highest BCUT2D eigenvalue weighted by molar-refractivity contribution is 5.37. The van der Waals surface area contributed by atoms with E-state index >= 15 is 0 Å². The maximum absolute atomic E-state index is 9.25. The topological polar surface area (TPSA) is 41.5 Å². The molecule has 0 fully saturated rings. The third-order valence-electron chi connectivity index (χ3n) is 3.64. The molecular weight excluding hydrogens is 226 g/mol. The molecule has 0 aromatic heterocycles. The minimum absolute atomic E-state index is 0.214. The van der Waals surface area contributed by atoms with Crippen molar-refractivity contribution < 1.29 is 9.84 Å². The summed E-state index contributed by atoms with van der Waals surface area (Å²) >= 11 is 0. The Labute approximate surface area is 109 Å². The molecular formula is C15H23NO2. The molecule has 0 bridgehead atoms. The second-order valence-corrected chi connectivity index (χ2v) is 5.17. The summed E-state index contributed by atoms with van der Waals surface area (Å²) in [6.07, 6.45) is 3.98. The van der Waals surface area contributed by atoms with Gasteiger partial charge in [0.1, 0.15) is 5.75 Å². The van der Waals surface area contributed by atoms with Crippen LogP contribution in [0, 0.1) is 0 Å². The maximum atomic E-state index is 9.25. The van der Waals surface area contributed by atoms with Gasteiger partial charge in [0.15, 0.2) is 0 Å². The van der Waals surface area contributed by atoms with Crippen molar-refractivity contribution in [1.82, 2.24) is 5.32 Å².